The quantitative estimate of drug-likeness (QED) is 0.169. The third-order valence-electron chi connectivity index (χ3n) is 8.21. The van der Waals surface area contributed by atoms with Crippen LogP contribution in [0.4, 0.5) is 0 Å². The smallest absolute Gasteiger partial charge is 0.520 e. The van der Waals surface area contributed by atoms with Gasteiger partial charge in [0.15, 0.2) is 0 Å². The maximum absolute atomic E-state index is 5.95. The summed E-state index contributed by atoms with van der Waals surface area (Å²) < 4.78 is 11.9. The molecule has 1 saturated heterocycles. The Morgan fingerprint density at radius 3 is 1.44 bits per heavy atom. The van der Waals surface area contributed by atoms with Crippen molar-refractivity contribution in [2.45, 2.75) is 0 Å². The molecule has 0 spiro atoms. The van der Waals surface area contributed by atoms with Crippen molar-refractivity contribution >= 4 is 55.7 Å². The molecular formula is C38H25BO2. The van der Waals surface area contributed by atoms with E-state index in [4.69, 9.17) is 9.31 Å². The molecular weight excluding hydrogens is 499 g/mol. The molecule has 0 radical (unpaired) electrons. The van der Waals surface area contributed by atoms with E-state index in [2.05, 4.69) is 141 Å². The first-order valence-electron chi connectivity index (χ1n) is 13.8. The van der Waals surface area contributed by atoms with Crippen LogP contribution in [0.5, 0.6) is 0 Å². The lowest BCUT2D eigenvalue weighted by Crippen LogP contribution is -2.31. The molecule has 0 amide bonds. The molecule has 0 aliphatic carbocycles. The Labute approximate surface area is 238 Å². The third kappa shape index (κ3) is 3.82. The molecule has 2 nitrogen and oxygen atoms in total. The number of rotatable bonds is 3. The molecule has 0 unspecified atom stereocenters. The summed E-state index contributed by atoms with van der Waals surface area (Å²) in [4.78, 5) is 0. The minimum Gasteiger partial charge on any atom is -0.520 e. The van der Waals surface area contributed by atoms with Gasteiger partial charge in [-0.3, -0.25) is 0 Å². The highest BCUT2D eigenvalue weighted by atomic mass is 16.6. The summed E-state index contributed by atoms with van der Waals surface area (Å²) >= 11 is 0. The first-order valence-corrected chi connectivity index (χ1v) is 13.8. The largest absolute Gasteiger partial charge is 0.632 e. The van der Waals surface area contributed by atoms with Crippen LogP contribution in [0.1, 0.15) is 0 Å². The van der Waals surface area contributed by atoms with Gasteiger partial charge in [-0.25, -0.2) is 0 Å². The first-order chi connectivity index (χ1) is 20.1. The minimum atomic E-state index is -0.570. The normalized spacial score (nSPS) is 13.3. The molecule has 192 valence electrons. The number of hydrogen-bond donors (Lipinski definition) is 0. The Hall–Kier alpha value is -5.28. The van der Waals surface area contributed by atoms with Crippen molar-refractivity contribution in [3.8, 4) is 22.3 Å². The van der Waals surface area contributed by atoms with E-state index in [0.717, 1.165) is 10.8 Å². The molecule has 1 aliphatic heterocycles. The van der Waals surface area contributed by atoms with Crippen LogP contribution in [0.3, 0.4) is 0 Å². The molecule has 0 aromatic heterocycles. The van der Waals surface area contributed by atoms with E-state index in [1.165, 1.54) is 60.0 Å². The third-order valence-corrected chi connectivity index (χ3v) is 8.21. The molecule has 0 N–H and O–H groups in total. The summed E-state index contributed by atoms with van der Waals surface area (Å²) in [5.74, 6) is 0.945. The van der Waals surface area contributed by atoms with Gasteiger partial charge in [-0.15, -0.1) is 0 Å². The predicted molar refractivity (Wildman–Crippen MR) is 173 cm³/mol. The van der Waals surface area contributed by atoms with E-state index in [1.54, 1.807) is 0 Å². The highest BCUT2D eigenvalue weighted by Gasteiger charge is 2.35. The summed E-state index contributed by atoms with van der Waals surface area (Å²) in [6.07, 6.45) is 0. The van der Waals surface area contributed by atoms with Crippen molar-refractivity contribution in [2.75, 3.05) is 0 Å². The molecule has 1 aliphatic rings. The van der Waals surface area contributed by atoms with E-state index in [1.807, 2.05) is 0 Å². The standard InChI is InChI=1S/C38H25BO2/c1-24-25(2)41-39(40-24)32-19-20-35-36(23-32)38(31-18-16-27-10-4-6-12-29(27)22-31)34-14-8-7-13-33(34)37(35)30-17-15-26-9-3-5-11-28(26)21-30/h3-23H,1-2H2. The van der Waals surface area contributed by atoms with Gasteiger partial charge in [0, 0.05) is 5.46 Å². The van der Waals surface area contributed by atoms with Gasteiger partial charge in [-0.2, -0.15) is 0 Å². The maximum atomic E-state index is 5.95. The molecule has 0 bridgehead atoms. The van der Waals surface area contributed by atoms with Gasteiger partial charge in [0.25, 0.3) is 0 Å². The fourth-order valence-electron chi connectivity index (χ4n) is 6.20. The van der Waals surface area contributed by atoms with Crippen LogP contribution in [-0.4, -0.2) is 7.12 Å². The molecule has 8 rings (SSSR count). The fraction of sp³-hybridized carbons (Fsp3) is 0. The lowest BCUT2D eigenvalue weighted by molar-refractivity contribution is 0.431. The second-order valence-corrected chi connectivity index (χ2v) is 10.6. The zero-order valence-electron chi connectivity index (χ0n) is 22.4. The maximum Gasteiger partial charge on any atom is 0.632 e. The second kappa shape index (κ2) is 9.14. The Bertz CT molecular complexity index is 2200. The topological polar surface area (TPSA) is 18.5 Å². The molecule has 41 heavy (non-hydrogen) atoms. The van der Waals surface area contributed by atoms with E-state index in [9.17, 15) is 0 Å². The lowest BCUT2D eigenvalue weighted by Gasteiger charge is -2.19. The van der Waals surface area contributed by atoms with E-state index < -0.39 is 7.12 Å². The van der Waals surface area contributed by atoms with Crippen molar-refractivity contribution in [3.05, 3.63) is 152 Å². The zero-order valence-corrected chi connectivity index (χ0v) is 22.4. The summed E-state index contributed by atoms with van der Waals surface area (Å²) in [7, 11) is -0.570. The Kier molecular flexibility index (Phi) is 5.26. The van der Waals surface area contributed by atoms with Crippen molar-refractivity contribution in [1.29, 1.82) is 0 Å². The van der Waals surface area contributed by atoms with Gasteiger partial charge in [0.2, 0.25) is 0 Å². The number of benzene rings is 7. The van der Waals surface area contributed by atoms with Crippen LogP contribution in [-0.2, 0) is 9.31 Å². The van der Waals surface area contributed by atoms with Gasteiger partial charge in [-0.05, 0) is 77.5 Å². The van der Waals surface area contributed by atoms with Crippen LogP contribution in [0.25, 0.3) is 65.3 Å². The molecule has 0 atom stereocenters. The first kappa shape index (κ1) is 23.6. The number of hydrogen-bond acceptors (Lipinski definition) is 2. The van der Waals surface area contributed by atoms with Crippen LogP contribution in [0.15, 0.2) is 152 Å². The predicted octanol–water partition coefficient (Wildman–Crippen LogP) is 9.40. The van der Waals surface area contributed by atoms with Crippen molar-refractivity contribution in [2.24, 2.45) is 0 Å². The monoisotopic (exact) mass is 524 g/mol. The molecule has 1 heterocycles. The second-order valence-electron chi connectivity index (χ2n) is 10.6. The van der Waals surface area contributed by atoms with Gasteiger partial charge >= 0.3 is 7.12 Å². The van der Waals surface area contributed by atoms with Gasteiger partial charge in [0.05, 0.1) is 0 Å². The zero-order chi connectivity index (χ0) is 27.5. The molecule has 3 heteroatoms. The van der Waals surface area contributed by atoms with Crippen molar-refractivity contribution in [1.82, 2.24) is 0 Å². The van der Waals surface area contributed by atoms with Gasteiger partial charge < -0.3 is 9.31 Å². The summed E-state index contributed by atoms with van der Waals surface area (Å²) in [5.41, 5.74) is 5.72. The van der Waals surface area contributed by atoms with Crippen LogP contribution < -0.4 is 5.46 Å². The average Bonchev–Trinajstić information content (AvgIpc) is 3.36. The van der Waals surface area contributed by atoms with Gasteiger partial charge in [-0.1, -0.05) is 128 Å². The van der Waals surface area contributed by atoms with Gasteiger partial charge in [0.1, 0.15) is 11.5 Å². The van der Waals surface area contributed by atoms with Crippen molar-refractivity contribution in [3.63, 3.8) is 0 Å². The number of fused-ring (bicyclic) bond motifs is 4. The highest BCUT2D eigenvalue weighted by molar-refractivity contribution is 6.63. The molecule has 7 aromatic carbocycles. The molecule has 0 saturated carbocycles. The summed E-state index contributed by atoms with van der Waals surface area (Å²) in [5, 5.41) is 9.66. The Morgan fingerprint density at radius 1 is 0.415 bits per heavy atom. The van der Waals surface area contributed by atoms with E-state index in [0.29, 0.717) is 11.5 Å². The van der Waals surface area contributed by atoms with Crippen LogP contribution in [0, 0.1) is 0 Å². The molecule has 7 aromatic rings. The van der Waals surface area contributed by atoms with Crippen LogP contribution in [0.2, 0.25) is 0 Å². The SMILES string of the molecule is C=C1OB(c2ccc3c(-c4ccc5ccccc5c4)c4ccccc4c(-c4ccc5ccccc5c4)c3c2)OC1=C. The average molecular weight is 524 g/mol. The Balaban J connectivity index is 1.48. The lowest BCUT2D eigenvalue weighted by atomic mass is 9.76. The fourth-order valence-corrected chi connectivity index (χ4v) is 6.20. The van der Waals surface area contributed by atoms with E-state index >= 15 is 0 Å². The summed E-state index contributed by atoms with van der Waals surface area (Å²) in [6, 6.07) is 45.8. The summed E-state index contributed by atoms with van der Waals surface area (Å²) in [6.45, 7) is 7.88. The molecule has 1 fully saturated rings. The minimum absolute atomic E-state index is 0.472. The van der Waals surface area contributed by atoms with E-state index in [-0.39, 0.29) is 0 Å². The Morgan fingerprint density at radius 2 is 0.878 bits per heavy atom. The highest BCUT2D eigenvalue weighted by Crippen LogP contribution is 2.44. The van der Waals surface area contributed by atoms with Crippen LogP contribution >= 0.6 is 0 Å². The van der Waals surface area contributed by atoms with Crippen molar-refractivity contribution < 1.29 is 9.31 Å².